The molecule has 0 spiro atoms. The van der Waals surface area contributed by atoms with E-state index < -0.39 is 9.84 Å². The topological polar surface area (TPSA) is 60.2 Å². The van der Waals surface area contributed by atoms with Gasteiger partial charge in [0.25, 0.3) is 0 Å². The molecule has 0 fully saturated rings. The molecule has 0 bridgehead atoms. The molecule has 17 heavy (non-hydrogen) atoms. The van der Waals surface area contributed by atoms with Crippen LogP contribution in [-0.4, -0.2) is 13.7 Å². The SMILES string of the molecule is CC(C)S(=O)(=O)Cc1csc2c(N)cccc12. The quantitative estimate of drug-likeness (QED) is 0.872. The summed E-state index contributed by atoms with van der Waals surface area (Å²) in [5.74, 6) is 0.0914. The molecule has 0 atom stereocenters. The highest BCUT2D eigenvalue weighted by atomic mass is 32.2. The van der Waals surface area contributed by atoms with E-state index in [4.69, 9.17) is 5.73 Å². The summed E-state index contributed by atoms with van der Waals surface area (Å²) in [5.41, 5.74) is 7.42. The van der Waals surface area contributed by atoms with Gasteiger partial charge in [-0.25, -0.2) is 8.42 Å². The van der Waals surface area contributed by atoms with Crippen molar-refractivity contribution in [1.29, 1.82) is 0 Å². The lowest BCUT2D eigenvalue weighted by molar-refractivity contribution is 0.587. The van der Waals surface area contributed by atoms with Crippen LogP contribution in [0.5, 0.6) is 0 Å². The Morgan fingerprint density at radius 2 is 2.06 bits per heavy atom. The van der Waals surface area contributed by atoms with Crippen molar-refractivity contribution in [1.82, 2.24) is 0 Å². The van der Waals surface area contributed by atoms with Crippen LogP contribution >= 0.6 is 11.3 Å². The van der Waals surface area contributed by atoms with Crippen molar-refractivity contribution in [2.75, 3.05) is 5.73 Å². The molecular formula is C12H15NO2S2. The van der Waals surface area contributed by atoms with Gasteiger partial charge in [0.15, 0.2) is 9.84 Å². The van der Waals surface area contributed by atoms with Crippen LogP contribution in [0, 0.1) is 0 Å². The minimum Gasteiger partial charge on any atom is -0.398 e. The summed E-state index contributed by atoms with van der Waals surface area (Å²) in [4.78, 5) is 0. The first-order valence-corrected chi connectivity index (χ1v) is 7.97. The van der Waals surface area contributed by atoms with Gasteiger partial charge in [-0.2, -0.15) is 0 Å². The second-order valence-corrected chi connectivity index (χ2v) is 7.78. The highest BCUT2D eigenvalue weighted by molar-refractivity contribution is 7.91. The number of fused-ring (bicyclic) bond motifs is 1. The third-order valence-corrected chi connectivity index (χ3v) is 6.03. The molecule has 1 heterocycles. The predicted octanol–water partition coefficient (Wildman–Crippen LogP) is 2.81. The second kappa shape index (κ2) is 4.31. The maximum atomic E-state index is 11.9. The van der Waals surface area contributed by atoms with Crippen molar-refractivity contribution in [3.05, 3.63) is 29.1 Å². The molecule has 92 valence electrons. The van der Waals surface area contributed by atoms with Crippen molar-refractivity contribution in [3.63, 3.8) is 0 Å². The van der Waals surface area contributed by atoms with Crippen LogP contribution in [0.25, 0.3) is 10.1 Å². The molecule has 0 unspecified atom stereocenters. The van der Waals surface area contributed by atoms with Gasteiger partial charge in [0.2, 0.25) is 0 Å². The number of hydrogen-bond donors (Lipinski definition) is 1. The van der Waals surface area contributed by atoms with E-state index in [0.717, 1.165) is 15.6 Å². The van der Waals surface area contributed by atoms with E-state index in [0.29, 0.717) is 5.69 Å². The minimum absolute atomic E-state index is 0.0914. The fourth-order valence-corrected chi connectivity index (χ4v) is 3.74. The Labute approximate surface area is 105 Å². The number of sulfone groups is 1. The van der Waals surface area contributed by atoms with E-state index in [1.54, 1.807) is 13.8 Å². The van der Waals surface area contributed by atoms with E-state index in [-0.39, 0.29) is 11.0 Å². The number of thiophene rings is 1. The Kier molecular flexibility index (Phi) is 3.14. The van der Waals surface area contributed by atoms with Crippen LogP contribution in [-0.2, 0) is 15.6 Å². The van der Waals surface area contributed by atoms with E-state index in [1.807, 2.05) is 23.6 Å². The first-order chi connectivity index (χ1) is 7.92. The van der Waals surface area contributed by atoms with Crippen molar-refractivity contribution in [3.8, 4) is 0 Å². The zero-order valence-corrected chi connectivity index (χ0v) is 11.4. The molecular weight excluding hydrogens is 254 g/mol. The van der Waals surface area contributed by atoms with Gasteiger partial charge >= 0.3 is 0 Å². The smallest absolute Gasteiger partial charge is 0.156 e. The highest BCUT2D eigenvalue weighted by Gasteiger charge is 2.19. The van der Waals surface area contributed by atoms with E-state index in [9.17, 15) is 8.42 Å². The molecule has 0 saturated carbocycles. The summed E-state index contributed by atoms with van der Waals surface area (Å²) >= 11 is 1.50. The Morgan fingerprint density at radius 1 is 1.35 bits per heavy atom. The van der Waals surface area contributed by atoms with Gasteiger partial charge in [0, 0.05) is 5.69 Å². The standard InChI is InChI=1S/C12H15NO2S2/c1-8(2)17(14,15)7-9-6-16-12-10(9)4-3-5-11(12)13/h3-6,8H,7,13H2,1-2H3. The summed E-state index contributed by atoms with van der Waals surface area (Å²) in [5, 5.41) is 2.50. The number of anilines is 1. The predicted molar refractivity (Wildman–Crippen MR) is 74.0 cm³/mol. The maximum absolute atomic E-state index is 11.9. The minimum atomic E-state index is -3.06. The van der Waals surface area contributed by atoms with Crippen molar-refractivity contribution >= 4 is 36.9 Å². The first-order valence-electron chi connectivity index (χ1n) is 5.38. The molecule has 3 nitrogen and oxygen atoms in total. The largest absolute Gasteiger partial charge is 0.398 e. The van der Waals surface area contributed by atoms with Crippen molar-refractivity contribution in [2.24, 2.45) is 0 Å². The summed E-state index contributed by atoms with van der Waals surface area (Å²) < 4.78 is 24.8. The summed E-state index contributed by atoms with van der Waals surface area (Å²) in [6, 6.07) is 5.61. The third-order valence-electron chi connectivity index (χ3n) is 2.79. The molecule has 0 aliphatic rings. The van der Waals surface area contributed by atoms with Gasteiger partial charge in [0.1, 0.15) is 0 Å². The van der Waals surface area contributed by atoms with Crippen molar-refractivity contribution < 1.29 is 8.42 Å². The Morgan fingerprint density at radius 3 is 2.71 bits per heavy atom. The molecule has 2 rings (SSSR count). The van der Waals surface area contributed by atoms with Crippen LogP contribution in [0.1, 0.15) is 19.4 Å². The molecule has 2 aromatic rings. The molecule has 0 saturated heterocycles. The number of nitrogens with two attached hydrogens (primary N) is 1. The number of hydrogen-bond acceptors (Lipinski definition) is 4. The van der Waals surface area contributed by atoms with E-state index in [2.05, 4.69) is 0 Å². The average molecular weight is 269 g/mol. The lowest BCUT2D eigenvalue weighted by atomic mass is 10.2. The zero-order valence-electron chi connectivity index (χ0n) is 9.80. The molecule has 0 amide bonds. The van der Waals surface area contributed by atoms with Crippen LogP contribution in [0.15, 0.2) is 23.6 Å². The Balaban J connectivity index is 2.48. The summed E-state index contributed by atoms with van der Waals surface area (Å²) in [6.45, 7) is 3.41. The number of benzene rings is 1. The fourth-order valence-electron chi connectivity index (χ4n) is 1.63. The van der Waals surface area contributed by atoms with Gasteiger partial charge in [-0.1, -0.05) is 12.1 Å². The van der Waals surface area contributed by atoms with Gasteiger partial charge in [0.05, 0.1) is 15.7 Å². The molecule has 0 aliphatic heterocycles. The molecule has 2 N–H and O–H groups in total. The second-order valence-electron chi connectivity index (χ2n) is 4.34. The number of nitrogen functional groups attached to an aromatic ring is 1. The van der Waals surface area contributed by atoms with Gasteiger partial charge in [-0.05, 0) is 36.2 Å². The molecule has 0 radical (unpaired) electrons. The number of rotatable bonds is 3. The van der Waals surface area contributed by atoms with E-state index >= 15 is 0 Å². The van der Waals surface area contributed by atoms with Gasteiger partial charge < -0.3 is 5.73 Å². The monoisotopic (exact) mass is 269 g/mol. The van der Waals surface area contributed by atoms with Crippen molar-refractivity contribution in [2.45, 2.75) is 24.9 Å². The highest BCUT2D eigenvalue weighted by Crippen LogP contribution is 2.32. The van der Waals surface area contributed by atoms with Crippen LogP contribution in [0.4, 0.5) is 5.69 Å². The average Bonchev–Trinajstić information content (AvgIpc) is 2.62. The summed E-state index contributed by atoms with van der Waals surface area (Å²) in [6.07, 6.45) is 0. The Hall–Kier alpha value is -1.07. The zero-order chi connectivity index (χ0) is 12.6. The molecule has 5 heteroatoms. The lowest BCUT2D eigenvalue weighted by Gasteiger charge is -2.06. The van der Waals surface area contributed by atoms with E-state index in [1.165, 1.54) is 11.3 Å². The first kappa shape index (κ1) is 12.4. The molecule has 0 aliphatic carbocycles. The summed E-state index contributed by atoms with van der Waals surface area (Å²) in [7, 11) is -3.06. The van der Waals surface area contributed by atoms with Gasteiger partial charge in [-0.3, -0.25) is 0 Å². The lowest BCUT2D eigenvalue weighted by Crippen LogP contribution is -2.15. The normalized spacial score (nSPS) is 12.4. The fraction of sp³-hybridized carbons (Fsp3) is 0.333. The third kappa shape index (κ3) is 2.30. The van der Waals surface area contributed by atoms with Crippen LogP contribution < -0.4 is 5.73 Å². The Bertz CT molecular complexity index is 642. The van der Waals surface area contributed by atoms with Gasteiger partial charge in [-0.15, -0.1) is 11.3 Å². The van der Waals surface area contributed by atoms with Crippen LogP contribution in [0.3, 0.4) is 0 Å². The van der Waals surface area contributed by atoms with Crippen LogP contribution in [0.2, 0.25) is 0 Å². The molecule has 1 aromatic heterocycles. The molecule has 1 aromatic carbocycles. The maximum Gasteiger partial charge on any atom is 0.156 e.